The standard InChI is InChI=1S/C20H16F4N2O2/c21-18-16(26-7-9-28-10-8-26)6-5-12-11-15(25-19(27)17(12)18)13-3-1-2-4-14(13)20(22,23)24/h1-6,11H,7-10H2,(H,25,27). The molecule has 8 heteroatoms. The summed E-state index contributed by atoms with van der Waals surface area (Å²) in [5, 5.41) is 0.0717. The molecule has 0 spiro atoms. The van der Waals surface area contributed by atoms with Crippen LogP contribution in [0.15, 0.2) is 47.3 Å². The van der Waals surface area contributed by atoms with Gasteiger partial charge in [-0.1, -0.05) is 24.3 Å². The number of ether oxygens (including phenoxy) is 1. The van der Waals surface area contributed by atoms with Crippen molar-refractivity contribution in [2.75, 3.05) is 31.2 Å². The molecular weight excluding hydrogens is 376 g/mol. The van der Waals surface area contributed by atoms with Crippen LogP contribution in [0.2, 0.25) is 0 Å². The van der Waals surface area contributed by atoms with Gasteiger partial charge in [-0.25, -0.2) is 4.39 Å². The molecule has 4 nitrogen and oxygen atoms in total. The lowest BCUT2D eigenvalue weighted by Crippen LogP contribution is -2.36. The van der Waals surface area contributed by atoms with Crippen LogP contribution in [-0.2, 0) is 10.9 Å². The number of benzene rings is 2. The Morgan fingerprint density at radius 1 is 1.04 bits per heavy atom. The van der Waals surface area contributed by atoms with Gasteiger partial charge >= 0.3 is 6.18 Å². The molecule has 2 aromatic carbocycles. The predicted molar refractivity (Wildman–Crippen MR) is 98.0 cm³/mol. The number of pyridine rings is 1. The molecule has 146 valence electrons. The van der Waals surface area contributed by atoms with Gasteiger partial charge in [0.1, 0.15) is 0 Å². The lowest BCUT2D eigenvalue weighted by Gasteiger charge is -2.29. The van der Waals surface area contributed by atoms with Gasteiger partial charge in [-0.2, -0.15) is 13.2 Å². The van der Waals surface area contributed by atoms with Gasteiger partial charge in [0.25, 0.3) is 5.56 Å². The molecule has 0 bridgehead atoms. The number of aromatic amines is 1. The van der Waals surface area contributed by atoms with Gasteiger partial charge in [-0.3, -0.25) is 4.79 Å². The Balaban J connectivity index is 1.86. The zero-order valence-electron chi connectivity index (χ0n) is 14.6. The van der Waals surface area contributed by atoms with Crippen LogP contribution in [0.5, 0.6) is 0 Å². The van der Waals surface area contributed by atoms with Gasteiger partial charge < -0.3 is 14.6 Å². The van der Waals surface area contributed by atoms with Gasteiger partial charge in [0.05, 0.1) is 29.9 Å². The molecule has 28 heavy (non-hydrogen) atoms. The van der Waals surface area contributed by atoms with Crippen LogP contribution in [0.25, 0.3) is 22.0 Å². The predicted octanol–water partition coefficient (Wildman–Crippen LogP) is 4.19. The number of morpholine rings is 1. The molecule has 0 saturated carbocycles. The fraction of sp³-hybridized carbons (Fsp3) is 0.250. The maximum atomic E-state index is 15.0. The minimum Gasteiger partial charge on any atom is -0.378 e. The van der Waals surface area contributed by atoms with E-state index in [1.165, 1.54) is 24.3 Å². The van der Waals surface area contributed by atoms with Crippen molar-refractivity contribution in [3.8, 4) is 11.3 Å². The highest BCUT2D eigenvalue weighted by Gasteiger charge is 2.33. The first kappa shape index (κ1) is 18.5. The molecule has 1 aliphatic rings. The summed E-state index contributed by atoms with van der Waals surface area (Å²) >= 11 is 0. The lowest BCUT2D eigenvalue weighted by molar-refractivity contribution is -0.137. The first-order valence-electron chi connectivity index (χ1n) is 8.71. The fourth-order valence-corrected chi connectivity index (χ4v) is 3.47. The van der Waals surface area contributed by atoms with E-state index in [-0.39, 0.29) is 27.7 Å². The second-order valence-electron chi connectivity index (χ2n) is 6.52. The van der Waals surface area contributed by atoms with Crippen LogP contribution >= 0.6 is 0 Å². The van der Waals surface area contributed by atoms with E-state index in [0.717, 1.165) is 6.07 Å². The number of anilines is 1. The molecule has 1 N–H and O–H groups in total. The van der Waals surface area contributed by atoms with E-state index in [2.05, 4.69) is 4.98 Å². The van der Waals surface area contributed by atoms with E-state index in [9.17, 15) is 18.0 Å². The first-order valence-corrected chi connectivity index (χ1v) is 8.71. The second kappa shape index (κ2) is 6.94. The van der Waals surface area contributed by atoms with Gasteiger partial charge in [0.2, 0.25) is 0 Å². The number of nitrogens with one attached hydrogen (secondary N) is 1. The van der Waals surface area contributed by atoms with Crippen molar-refractivity contribution in [2.24, 2.45) is 0 Å². The van der Waals surface area contributed by atoms with E-state index in [4.69, 9.17) is 4.74 Å². The Bertz CT molecular complexity index is 1090. The van der Waals surface area contributed by atoms with Crippen molar-refractivity contribution in [1.29, 1.82) is 0 Å². The van der Waals surface area contributed by atoms with Crippen LogP contribution in [0, 0.1) is 5.82 Å². The Kier molecular flexibility index (Phi) is 4.58. The number of nitrogens with zero attached hydrogens (tertiary/aromatic N) is 1. The number of alkyl halides is 3. The van der Waals surface area contributed by atoms with Crippen LogP contribution in [0.1, 0.15) is 5.56 Å². The number of fused-ring (bicyclic) bond motifs is 1. The number of hydrogen-bond acceptors (Lipinski definition) is 3. The van der Waals surface area contributed by atoms with E-state index in [1.54, 1.807) is 17.0 Å². The monoisotopic (exact) mass is 392 g/mol. The summed E-state index contributed by atoms with van der Waals surface area (Å²) in [4.78, 5) is 16.8. The average molecular weight is 392 g/mol. The highest BCUT2D eigenvalue weighted by molar-refractivity contribution is 5.89. The van der Waals surface area contributed by atoms with Crippen molar-refractivity contribution >= 4 is 16.5 Å². The summed E-state index contributed by atoms with van der Waals surface area (Å²) < 4.78 is 60.2. The third-order valence-corrected chi connectivity index (χ3v) is 4.80. The second-order valence-corrected chi connectivity index (χ2v) is 6.52. The molecule has 1 fully saturated rings. The van der Waals surface area contributed by atoms with Crippen LogP contribution in [0.4, 0.5) is 23.2 Å². The van der Waals surface area contributed by atoms with E-state index >= 15 is 4.39 Å². The number of rotatable bonds is 2. The third-order valence-electron chi connectivity index (χ3n) is 4.80. The van der Waals surface area contributed by atoms with Gasteiger partial charge in [-0.05, 0) is 23.6 Å². The van der Waals surface area contributed by atoms with Crippen LogP contribution in [0.3, 0.4) is 0 Å². The molecule has 4 rings (SSSR count). The molecule has 3 aromatic rings. The summed E-state index contributed by atoms with van der Waals surface area (Å²) in [7, 11) is 0. The zero-order chi connectivity index (χ0) is 19.9. The molecule has 1 aromatic heterocycles. The Morgan fingerprint density at radius 3 is 2.46 bits per heavy atom. The summed E-state index contributed by atoms with van der Waals surface area (Å²) in [6.45, 7) is 1.91. The minimum atomic E-state index is -4.58. The van der Waals surface area contributed by atoms with Gasteiger partial charge in [-0.15, -0.1) is 0 Å². The molecule has 0 radical (unpaired) electrons. The Labute approximate surface area is 157 Å². The maximum Gasteiger partial charge on any atom is 0.417 e. The number of hydrogen-bond donors (Lipinski definition) is 1. The Hall–Kier alpha value is -2.87. The van der Waals surface area contributed by atoms with Crippen molar-refractivity contribution < 1.29 is 22.3 Å². The number of H-pyrrole nitrogens is 1. The molecule has 2 heterocycles. The molecule has 1 saturated heterocycles. The topological polar surface area (TPSA) is 45.3 Å². The molecule has 0 aliphatic carbocycles. The van der Waals surface area contributed by atoms with E-state index in [1.807, 2.05) is 0 Å². The number of aromatic nitrogens is 1. The summed E-state index contributed by atoms with van der Waals surface area (Å²) in [6.07, 6.45) is -4.58. The first-order chi connectivity index (χ1) is 13.4. The average Bonchev–Trinajstić information content (AvgIpc) is 2.68. The normalized spacial score (nSPS) is 15.2. The SMILES string of the molecule is O=c1[nH]c(-c2ccccc2C(F)(F)F)cc2ccc(N3CCOCC3)c(F)c12. The summed E-state index contributed by atoms with van der Waals surface area (Å²) in [5.74, 6) is -0.684. The highest BCUT2D eigenvalue weighted by Crippen LogP contribution is 2.37. The third kappa shape index (κ3) is 3.24. The van der Waals surface area contributed by atoms with Crippen molar-refractivity contribution in [2.45, 2.75) is 6.18 Å². The smallest absolute Gasteiger partial charge is 0.378 e. The van der Waals surface area contributed by atoms with Gasteiger partial charge in [0.15, 0.2) is 5.82 Å². The van der Waals surface area contributed by atoms with Gasteiger partial charge in [0, 0.05) is 24.3 Å². The van der Waals surface area contributed by atoms with Crippen LogP contribution in [-0.4, -0.2) is 31.3 Å². The molecule has 1 aliphatic heterocycles. The van der Waals surface area contributed by atoms with Crippen molar-refractivity contribution in [3.63, 3.8) is 0 Å². The summed E-state index contributed by atoms with van der Waals surface area (Å²) in [5.41, 5.74) is -1.52. The van der Waals surface area contributed by atoms with Crippen molar-refractivity contribution in [3.05, 3.63) is 64.2 Å². The van der Waals surface area contributed by atoms with E-state index in [0.29, 0.717) is 26.3 Å². The van der Waals surface area contributed by atoms with Crippen LogP contribution < -0.4 is 10.5 Å². The number of halogens is 4. The summed E-state index contributed by atoms with van der Waals surface area (Å²) in [6, 6.07) is 9.42. The highest BCUT2D eigenvalue weighted by atomic mass is 19.4. The maximum absolute atomic E-state index is 15.0. The zero-order valence-corrected chi connectivity index (χ0v) is 14.6. The largest absolute Gasteiger partial charge is 0.417 e. The molecule has 0 atom stereocenters. The molecular formula is C20H16F4N2O2. The Morgan fingerprint density at radius 2 is 1.75 bits per heavy atom. The lowest BCUT2D eigenvalue weighted by atomic mass is 10.0. The molecule has 0 unspecified atom stereocenters. The minimum absolute atomic E-state index is 0.0102. The molecule has 0 amide bonds. The fourth-order valence-electron chi connectivity index (χ4n) is 3.47. The quantitative estimate of drug-likeness (QED) is 0.666. The van der Waals surface area contributed by atoms with Crippen molar-refractivity contribution in [1.82, 2.24) is 4.98 Å². The van der Waals surface area contributed by atoms with E-state index < -0.39 is 23.1 Å².